The zero-order valence-corrected chi connectivity index (χ0v) is 17.4. The van der Waals surface area contributed by atoms with Crippen molar-refractivity contribution in [3.63, 3.8) is 0 Å². The molecule has 3 heterocycles. The highest BCUT2D eigenvalue weighted by Crippen LogP contribution is 2.38. The van der Waals surface area contributed by atoms with E-state index in [9.17, 15) is 5.11 Å². The van der Waals surface area contributed by atoms with Crippen LogP contribution in [0.3, 0.4) is 0 Å². The lowest BCUT2D eigenvalue weighted by Gasteiger charge is -2.27. The molecule has 7 heteroatoms. The van der Waals surface area contributed by atoms with Crippen LogP contribution in [-0.4, -0.2) is 51.5 Å². The summed E-state index contributed by atoms with van der Waals surface area (Å²) in [6, 6.07) is 0.306. The molecule has 7 nitrogen and oxygen atoms in total. The van der Waals surface area contributed by atoms with Gasteiger partial charge in [-0.2, -0.15) is 0 Å². The molecule has 0 radical (unpaired) electrons. The molecular formula is C22H32N4O3. The lowest BCUT2D eigenvalue weighted by atomic mass is 9.83. The summed E-state index contributed by atoms with van der Waals surface area (Å²) < 4.78 is 11.7. The summed E-state index contributed by atoms with van der Waals surface area (Å²) in [6.07, 6.45) is 10.0. The topological polar surface area (TPSA) is 89.4 Å². The van der Waals surface area contributed by atoms with Crippen LogP contribution in [0.25, 0.3) is 10.9 Å². The van der Waals surface area contributed by atoms with Gasteiger partial charge in [0.15, 0.2) is 0 Å². The number of aromatic nitrogens is 3. The number of aliphatic hydroxyl groups excluding tert-OH is 1. The van der Waals surface area contributed by atoms with Crippen LogP contribution in [0.1, 0.15) is 70.3 Å². The number of rotatable bonds is 6. The van der Waals surface area contributed by atoms with Gasteiger partial charge in [-0.15, -0.1) is 0 Å². The first kappa shape index (κ1) is 20.3. The van der Waals surface area contributed by atoms with Crippen LogP contribution in [-0.2, 0) is 4.74 Å². The van der Waals surface area contributed by atoms with E-state index in [1.807, 2.05) is 12.4 Å². The Morgan fingerprint density at radius 1 is 1.14 bits per heavy atom. The number of nitrogens with zero attached hydrogens (tertiary/aromatic N) is 3. The first-order chi connectivity index (χ1) is 14.1. The number of hydrogen-bond donors (Lipinski definition) is 2. The highest BCUT2D eigenvalue weighted by molar-refractivity contribution is 5.86. The quantitative estimate of drug-likeness (QED) is 0.762. The van der Waals surface area contributed by atoms with Crippen molar-refractivity contribution >= 4 is 16.9 Å². The summed E-state index contributed by atoms with van der Waals surface area (Å²) in [6.45, 7) is 5.72. The minimum atomic E-state index is -0.182. The standard InChI is InChI=1S/C22H32N4O3/c1-3-14(2)25-22-24-13-19-20(26-22)18(15-4-6-16(27)7-5-15)12-23-21(19)29-17-8-10-28-11-9-17/h12-17,27H,3-11H2,1-2H3,(H,24,25,26)/t14?,15-,16-. The van der Waals surface area contributed by atoms with Crippen LogP contribution in [0.5, 0.6) is 5.88 Å². The van der Waals surface area contributed by atoms with Crippen LogP contribution in [0.4, 0.5) is 5.95 Å². The van der Waals surface area contributed by atoms with Gasteiger partial charge in [0.1, 0.15) is 6.10 Å². The Morgan fingerprint density at radius 3 is 2.62 bits per heavy atom. The van der Waals surface area contributed by atoms with Gasteiger partial charge in [-0.3, -0.25) is 0 Å². The zero-order chi connectivity index (χ0) is 20.2. The second-order valence-electron chi connectivity index (χ2n) is 8.36. The molecule has 0 spiro atoms. The average Bonchev–Trinajstić information content (AvgIpc) is 2.75. The van der Waals surface area contributed by atoms with Crippen molar-refractivity contribution in [3.05, 3.63) is 18.0 Å². The first-order valence-corrected chi connectivity index (χ1v) is 11.0. The van der Waals surface area contributed by atoms with Gasteiger partial charge in [0.25, 0.3) is 0 Å². The molecule has 2 N–H and O–H groups in total. The van der Waals surface area contributed by atoms with Crippen LogP contribution < -0.4 is 10.1 Å². The van der Waals surface area contributed by atoms with E-state index < -0.39 is 0 Å². The van der Waals surface area contributed by atoms with E-state index in [1.165, 1.54) is 0 Å². The molecule has 2 fully saturated rings. The molecule has 0 bridgehead atoms. The lowest BCUT2D eigenvalue weighted by Crippen LogP contribution is -2.26. The highest BCUT2D eigenvalue weighted by Gasteiger charge is 2.25. The van der Waals surface area contributed by atoms with Crippen LogP contribution >= 0.6 is 0 Å². The summed E-state index contributed by atoms with van der Waals surface area (Å²) in [5.41, 5.74) is 2.06. The van der Waals surface area contributed by atoms with Crippen LogP contribution in [0, 0.1) is 0 Å². The highest BCUT2D eigenvalue weighted by atomic mass is 16.5. The van der Waals surface area contributed by atoms with Gasteiger partial charge >= 0.3 is 0 Å². The Labute approximate surface area is 172 Å². The molecule has 0 amide bonds. The normalized spacial score (nSPS) is 24.4. The minimum absolute atomic E-state index is 0.119. The molecule has 1 aliphatic heterocycles. The predicted octanol–water partition coefficient (Wildman–Crippen LogP) is 3.81. The Morgan fingerprint density at radius 2 is 1.90 bits per heavy atom. The second-order valence-corrected chi connectivity index (χ2v) is 8.36. The molecule has 158 valence electrons. The van der Waals surface area contributed by atoms with E-state index in [2.05, 4.69) is 29.1 Å². The van der Waals surface area contributed by atoms with Gasteiger partial charge in [0.2, 0.25) is 11.8 Å². The smallest absolute Gasteiger partial charge is 0.224 e. The Hall–Kier alpha value is -1.99. The molecule has 2 aromatic rings. The summed E-state index contributed by atoms with van der Waals surface area (Å²) in [5.74, 6) is 1.62. The maximum atomic E-state index is 9.90. The van der Waals surface area contributed by atoms with Crippen LogP contribution in [0.15, 0.2) is 12.4 Å². The fourth-order valence-electron chi connectivity index (χ4n) is 4.14. The molecular weight excluding hydrogens is 368 g/mol. The van der Waals surface area contributed by atoms with Crippen molar-refractivity contribution in [1.82, 2.24) is 15.0 Å². The van der Waals surface area contributed by atoms with Crippen molar-refractivity contribution in [2.24, 2.45) is 0 Å². The zero-order valence-electron chi connectivity index (χ0n) is 17.4. The van der Waals surface area contributed by atoms with E-state index in [1.54, 1.807) is 0 Å². The predicted molar refractivity (Wildman–Crippen MR) is 112 cm³/mol. The largest absolute Gasteiger partial charge is 0.474 e. The molecule has 1 unspecified atom stereocenters. The third-order valence-electron chi connectivity index (χ3n) is 6.18. The number of anilines is 1. The van der Waals surface area contributed by atoms with Crippen LogP contribution in [0.2, 0.25) is 0 Å². The van der Waals surface area contributed by atoms with Gasteiger partial charge in [-0.05, 0) is 44.9 Å². The first-order valence-electron chi connectivity index (χ1n) is 11.0. The molecule has 2 aliphatic rings. The van der Waals surface area contributed by atoms with Crippen molar-refractivity contribution in [2.75, 3.05) is 18.5 Å². The summed E-state index contributed by atoms with van der Waals surface area (Å²) in [5, 5.41) is 14.2. The van der Waals surface area contributed by atoms with E-state index in [0.717, 1.165) is 74.6 Å². The van der Waals surface area contributed by atoms with Crippen molar-refractivity contribution in [1.29, 1.82) is 0 Å². The molecule has 1 saturated carbocycles. The number of hydrogen-bond acceptors (Lipinski definition) is 7. The molecule has 1 atom stereocenters. The van der Waals surface area contributed by atoms with Crippen molar-refractivity contribution < 1.29 is 14.6 Å². The van der Waals surface area contributed by atoms with Gasteiger partial charge in [-0.1, -0.05) is 6.92 Å². The summed E-state index contributed by atoms with van der Waals surface area (Å²) >= 11 is 0. The molecule has 0 aromatic carbocycles. The number of fused-ring (bicyclic) bond motifs is 1. The molecule has 1 aliphatic carbocycles. The molecule has 2 aromatic heterocycles. The fraction of sp³-hybridized carbons (Fsp3) is 0.682. The number of aliphatic hydroxyl groups is 1. The number of pyridine rings is 1. The second kappa shape index (κ2) is 9.22. The Bertz CT molecular complexity index is 817. The van der Waals surface area contributed by atoms with Gasteiger partial charge < -0.3 is 19.9 Å². The average molecular weight is 401 g/mol. The fourth-order valence-corrected chi connectivity index (χ4v) is 4.14. The Kier molecular flexibility index (Phi) is 6.45. The van der Waals surface area contributed by atoms with Gasteiger partial charge in [-0.25, -0.2) is 15.0 Å². The van der Waals surface area contributed by atoms with Crippen molar-refractivity contribution in [3.8, 4) is 5.88 Å². The maximum absolute atomic E-state index is 9.90. The third kappa shape index (κ3) is 4.78. The maximum Gasteiger partial charge on any atom is 0.224 e. The lowest BCUT2D eigenvalue weighted by molar-refractivity contribution is 0.0244. The third-order valence-corrected chi connectivity index (χ3v) is 6.18. The van der Waals surface area contributed by atoms with Gasteiger partial charge in [0.05, 0.1) is 30.2 Å². The SMILES string of the molecule is CCC(C)Nc1ncc2c(OC3CCOCC3)ncc([C@H]3CC[C@H](O)CC3)c2n1. The van der Waals surface area contributed by atoms with E-state index in [4.69, 9.17) is 14.5 Å². The number of ether oxygens (including phenoxy) is 2. The molecule has 1 saturated heterocycles. The Balaban J connectivity index is 1.69. The minimum Gasteiger partial charge on any atom is -0.474 e. The monoisotopic (exact) mass is 400 g/mol. The van der Waals surface area contributed by atoms with E-state index >= 15 is 0 Å². The summed E-state index contributed by atoms with van der Waals surface area (Å²) in [7, 11) is 0. The van der Waals surface area contributed by atoms with E-state index in [-0.39, 0.29) is 12.2 Å². The van der Waals surface area contributed by atoms with Crippen molar-refractivity contribution in [2.45, 2.75) is 83.0 Å². The van der Waals surface area contributed by atoms with Gasteiger partial charge in [0, 0.05) is 36.8 Å². The van der Waals surface area contributed by atoms with E-state index in [0.29, 0.717) is 23.8 Å². The summed E-state index contributed by atoms with van der Waals surface area (Å²) in [4.78, 5) is 14.1. The molecule has 29 heavy (non-hydrogen) atoms. The number of nitrogens with one attached hydrogen (secondary N) is 1. The molecule has 4 rings (SSSR count).